The number of hydrogen-bond acceptors (Lipinski definition) is 3. The third-order valence-corrected chi connectivity index (χ3v) is 3.74. The molecule has 0 aliphatic rings. The summed E-state index contributed by atoms with van der Waals surface area (Å²) in [6.07, 6.45) is 4.09. The van der Waals surface area contributed by atoms with Crippen LogP contribution in [0.25, 0.3) is 0 Å². The fraction of sp³-hybridized carbons (Fsp3) is 0.294. The lowest BCUT2D eigenvalue weighted by Crippen LogP contribution is -2.11. The van der Waals surface area contributed by atoms with Gasteiger partial charge in [0.05, 0.1) is 11.9 Å². The maximum Gasteiger partial charge on any atom is 0.224 e. The number of carbonyl (C=O) groups excluding carboxylic acids is 1. The van der Waals surface area contributed by atoms with Gasteiger partial charge in [0.15, 0.2) is 0 Å². The van der Waals surface area contributed by atoms with E-state index in [1.165, 1.54) is 0 Å². The second-order valence-corrected chi connectivity index (χ2v) is 5.53. The number of carbonyl (C=O) groups is 1. The van der Waals surface area contributed by atoms with Crippen molar-refractivity contribution in [2.45, 2.75) is 33.1 Å². The number of aromatic nitrogens is 1. The van der Waals surface area contributed by atoms with Crippen molar-refractivity contribution in [2.75, 3.05) is 10.6 Å². The molecule has 0 saturated heterocycles. The predicted octanol–water partition coefficient (Wildman–Crippen LogP) is 4.92. The topological polar surface area (TPSA) is 54.0 Å². The van der Waals surface area contributed by atoms with Crippen LogP contribution in [0.5, 0.6) is 0 Å². The fourth-order valence-electron chi connectivity index (χ4n) is 1.98. The van der Waals surface area contributed by atoms with Crippen LogP contribution in [0, 0.1) is 6.92 Å². The summed E-state index contributed by atoms with van der Waals surface area (Å²) >= 11 is 6.10. The van der Waals surface area contributed by atoms with Gasteiger partial charge >= 0.3 is 0 Å². The minimum absolute atomic E-state index is 0.0232. The van der Waals surface area contributed by atoms with Gasteiger partial charge in [0.1, 0.15) is 5.82 Å². The molecule has 4 nitrogen and oxygen atoms in total. The van der Waals surface area contributed by atoms with Gasteiger partial charge in [-0.3, -0.25) is 4.79 Å². The van der Waals surface area contributed by atoms with E-state index >= 15 is 0 Å². The SMILES string of the molecule is CCCCC(=O)Nc1ccc(Nc2cccc(Cl)c2C)nc1. The zero-order valence-electron chi connectivity index (χ0n) is 12.8. The number of unbranched alkanes of at least 4 members (excludes halogenated alkanes) is 1. The highest BCUT2D eigenvalue weighted by molar-refractivity contribution is 6.31. The summed E-state index contributed by atoms with van der Waals surface area (Å²) in [5, 5.41) is 6.77. The summed E-state index contributed by atoms with van der Waals surface area (Å²) in [5.74, 6) is 0.729. The molecule has 1 amide bonds. The Morgan fingerprint density at radius 2 is 2.09 bits per heavy atom. The average molecular weight is 318 g/mol. The van der Waals surface area contributed by atoms with Crippen molar-refractivity contribution >= 4 is 34.7 Å². The smallest absolute Gasteiger partial charge is 0.224 e. The molecule has 0 fully saturated rings. The lowest BCUT2D eigenvalue weighted by Gasteiger charge is -2.10. The summed E-state index contributed by atoms with van der Waals surface area (Å²) in [7, 11) is 0. The Kier molecular flexibility index (Phi) is 5.78. The Balaban J connectivity index is 2.00. The minimum atomic E-state index is 0.0232. The predicted molar refractivity (Wildman–Crippen MR) is 91.9 cm³/mol. The van der Waals surface area contributed by atoms with E-state index in [9.17, 15) is 4.79 Å². The van der Waals surface area contributed by atoms with Gasteiger partial charge < -0.3 is 10.6 Å². The van der Waals surface area contributed by atoms with Crippen LogP contribution in [0.3, 0.4) is 0 Å². The summed E-state index contributed by atoms with van der Waals surface area (Å²) in [6, 6.07) is 9.35. The lowest BCUT2D eigenvalue weighted by molar-refractivity contribution is -0.116. The van der Waals surface area contributed by atoms with Crippen LogP contribution in [-0.2, 0) is 4.79 Å². The van der Waals surface area contributed by atoms with Gasteiger partial charge in [0, 0.05) is 17.1 Å². The second kappa shape index (κ2) is 7.80. The van der Waals surface area contributed by atoms with Crippen molar-refractivity contribution in [3.8, 4) is 0 Å². The Morgan fingerprint density at radius 3 is 2.77 bits per heavy atom. The van der Waals surface area contributed by atoms with Gasteiger partial charge in [0.25, 0.3) is 0 Å². The van der Waals surface area contributed by atoms with Crippen molar-refractivity contribution in [1.82, 2.24) is 4.98 Å². The van der Waals surface area contributed by atoms with Crippen molar-refractivity contribution in [3.05, 3.63) is 47.1 Å². The molecule has 0 unspecified atom stereocenters. The first-order valence-electron chi connectivity index (χ1n) is 7.38. The van der Waals surface area contributed by atoms with E-state index in [-0.39, 0.29) is 5.91 Å². The number of hydrogen-bond donors (Lipinski definition) is 2. The largest absolute Gasteiger partial charge is 0.340 e. The molecule has 5 heteroatoms. The zero-order chi connectivity index (χ0) is 15.9. The van der Waals surface area contributed by atoms with Crippen molar-refractivity contribution in [3.63, 3.8) is 0 Å². The normalized spacial score (nSPS) is 10.3. The summed E-state index contributed by atoms with van der Waals surface area (Å²) in [4.78, 5) is 16.0. The Morgan fingerprint density at radius 1 is 1.27 bits per heavy atom. The van der Waals surface area contributed by atoms with Crippen LogP contribution in [0.1, 0.15) is 31.7 Å². The standard InChI is InChI=1S/C17H20ClN3O/c1-3-4-8-17(22)20-13-9-10-16(19-11-13)21-15-7-5-6-14(18)12(15)2/h5-7,9-11H,3-4,8H2,1-2H3,(H,19,21)(H,20,22). The van der Waals surface area contributed by atoms with Crippen LogP contribution >= 0.6 is 11.6 Å². The van der Waals surface area contributed by atoms with E-state index in [0.717, 1.165) is 24.1 Å². The second-order valence-electron chi connectivity index (χ2n) is 5.12. The summed E-state index contributed by atoms with van der Waals surface area (Å²) in [5.41, 5.74) is 2.59. The van der Waals surface area contributed by atoms with E-state index in [1.807, 2.05) is 37.3 Å². The van der Waals surface area contributed by atoms with Crippen LogP contribution in [0.4, 0.5) is 17.2 Å². The number of anilines is 3. The first-order valence-corrected chi connectivity index (χ1v) is 7.76. The molecule has 22 heavy (non-hydrogen) atoms. The van der Waals surface area contributed by atoms with E-state index in [2.05, 4.69) is 22.5 Å². The quantitative estimate of drug-likeness (QED) is 0.795. The maximum absolute atomic E-state index is 11.7. The molecule has 0 saturated carbocycles. The molecule has 116 valence electrons. The van der Waals surface area contributed by atoms with Crippen molar-refractivity contribution in [1.29, 1.82) is 0 Å². The molecular formula is C17H20ClN3O. The highest BCUT2D eigenvalue weighted by Crippen LogP contribution is 2.25. The van der Waals surface area contributed by atoms with E-state index in [0.29, 0.717) is 22.9 Å². The van der Waals surface area contributed by atoms with Gasteiger partial charge in [-0.1, -0.05) is 31.0 Å². The molecule has 1 aromatic heterocycles. The number of nitrogens with one attached hydrogen (secondary N) is 2. The molecule has 0 spiro atoms. The molecule has 2 N–H and O–H groups in total. The third kappa shape index (κ3) is 4.46. The molecule has 1 heterocycles. The van der Waals surface area contributed by atoms with Gasteiger partial charge in [-0.15, -0.1) is 0 Å². The molecule has 0 aliphatic heterocycles. The van der Waals surface area contributed by atoms with E-state index < -0.39 is 0 Å². The number of rotatable bonds is 6. The molecule has 1 aromatic carbocycles. The Hall–Kier alpha value is -2.07. The average Bonchev–Trinajstić information content (AvgIpc) is 2.51. The first-order chi connectivity index (χ1) is 10.6. The number of pyridine rings is 1. The first kappa shape index (κ1) is 16.3. The summed E-state index contributed by atoms with van der Waals surface area (Å²) in [6.45, 7) is 4.01. The molecule has 0 bridgehead atoms. The van der Waals surface area contributed by atoms with Gasteiger partial charge in [-0.25, -0.2) is 4.98 Å². The Bertz CT molecular complexity index is 641. The zero-order valence-corrected chi connectivity index (χ0v) is 13.6. The number of halogens is 1. The maximum atomic E-state index is 11.7. The molecular weight excluding hydrogens is 298 g/mol. The van der Waals surface area contributed by atoms with Crippen LogP contribution in [-0.4, -0.2) is 10.9 Å². The molecule has 0 aliphatic carbocycles. The van der Waals surface area contributed by atoms with Crippen molar-refractivity contribution in [2.24, 2.45) is 0 Å². The molecule has 0 atom stereocenters. The summed E-state index contributed by atoms with van der Waals surface area (Å²) < 4.78 is 0. The fourth-order valence-corrected chi connectivity index (χ4v) is 2.16. The highest BCUT2D eigenvalue weighted by Gasteiger charge is 2.05. The van der Waals surface area contributed by atoms with Gasteiger partial charge in [-0.2, -0.15) is 0 Å². The van der Waals surface area contributed by atoms with E-state index in [1.54, 1.807) is 6.20 Å². The molecule has 2 aromatic rings. The minimum Gasteiger partial charge on any atom is -0.340 e. The van der Waals surface area contributed by atoms with Crippen LogP contribution < -0.4 is 10.6 Å². The highest BCUT2D eigenvalue weighted by atomic mass is 35.5. The number of nitrogens with zero attached hydrogens (tertiary/aromatic N) is 1. The van der Waals surface area contributed by atoms with Crippen LogP contribution in [0.2, 0.25) is 5.02 Å². The Labute approximate surface area is 135 Å². The van der Waals surface area contributed by atoms with Crippen molar-refractivity contribution < 1.29 is 4.79 Å². The number of amides is 1. The van der Waals surface area contributed by atoms with Gasteiger partial charge in [-0.05, 0) is 43.2 Å². The van der Waals surface area contributed by atoms with Crippen LogP contribution in [0.15, 0.2) is 36.5 Å². The van der Waals surface area contributed by atoms with E-state index in [4.69, 9.17) is 11.6 Å². The third-order valence-electron chi connectivity index (χ3n) is 3.34. The monoisotopic (exact) mass is 317 g/mol. The molecule has 2 rings (SSSR count). The number of benzene rings is 1. The lowest BCUT2D eigenvalue weighted by atomic mass is 10.2. The van der Waals surface area contributed by atoms with Gasteiger partial charge in [0.2, 0.25) is 5.91 Å². The molecule has 0 radical (unpaired) electrons.